The van der Waals surface area contributed by atoms with Crippen molar-refractivity contribution in [3.63, 3.8) is 0 Å². The molecule has 0 unspecified atom stereocenters. The molecule has 0 amide bonds. The van der Waals surface area contributed by atoms with E-state index in [0.717, 1.165) is 19.3 Å². The summed E-state index contributed by atoms with van der Waals surface area (Å²) >= 11 is 0. The van der Waals surface area contributed by atoms with E-state index in [9.17, 15) is 9.59 Å². The molecule has 1 aliphatic carbocycles. The molecule has 0 spiro atoms. The van der Waals surface area contributed by atoms with Gasteiger partial charge < -0.3 is 4.74 Å². The highest BCUT2D eigenvalue weighted by Crippen LogP contribution is 2.24. The topological polar surface area (TPSA) is 43.4 Å². The van der Waals surface area contributed by atoms with Gasteiger partial charge in [-0.15, -0.1) is 0 Å². The molecule has 3 nitrogen and oxygen atoms in total. The lowest BCUT2D eigenvalue weighted by atomic mass is 9.86. The van der Waals surface area contributed by atoms with Crippen LogP contribution < -0.4 is 0 Å². The first-order chi connectivity index (χ1) is 7.13. The van der Waals surface area contributed by atoms with Gasteiger partial charge in [0.15, 0.2) is 0 Å². The lowest BCUT2D eigenvalue weighted by molar-refractivity contribution is -0.146. The lowest BCUT2D eigenvalue weighted by Gasteiger charge is -2.18. The van der Waals surface area contributed by atoms with E-state index in [0.29, 0.717) is 6.61 Å². The number of hydrogen-bond acceptors (Lipinski definition) is 3. The highest BCUT2D eigenvalue weighted by molar-refractivity contribution is 5.96. The first-order valence-electron chi connectivity index (χ1n) is 5.47. The van der Waals surface area contributed by atoms with Crippen molar-refractivity contribution in [3.05, 3.63) is 11.6 Å². The SMILES string of the molecule is CCOC(=O)CC(=O)[C@H]1CC=C(C)CC1. The van der Waals surface area contributed by atoms with Crippen molar-refractivity contribution in [2.75, 3.05) is 6.61 Å². The predicted octanol–water partition coefficient (Wildman–Crippen LogP) is 2.26. The molecule has 0 aromatic heterocycles. The molecule has 84 valence electrons. The Morgan fingerprint density at radius 2 is 2.27 bits per heavy atom. The fraction of sp³-hybridized carbons (Fsp3) is 0.667. The molecule has 0 fully saturated rings. The lowest BCUT2D eigenvalue weighted by Crippen LogP contribution is -2.21. The van der Waals surface area contributed by atoms with Crippen LogP contribution in [0.3, 0.4) is 0 Å². The van der Waals surface area contributed by atoms with Gasteiger partial charge in [-0.05, 0) is 33.1 Å². The van der Waals surface area contributed by atoms with Gasteiger partial charge in [0.05, 0.1) is 6.61 Å². The van der Waals surface area contributed by atoms with Crippen LogP contribution in [0.2, 0.25) is 0 Å². The molecule has 0 N–H and O–H groups in total. The molecular formula is C12H18O3. The molecule has 0 aliphatic heterocycles. The smallest absolute Gasteiger partial charge is 0.313 e. The van der Waals surface area contributed by atoms with Crippen LogP contribution in [0.1, 0.15) is 39.5 Å². The first kappa shape index (κ1) is 12.0. The summed E-state index contributed by atoms with van der Waals surface area (Å²) in [6.45, 7) is 4.16. The molecule has 15 heavy (non-hydrogen) atoms. The number of allylic oxidation sites excluding steroid dienone is 2. The van der Waals surface area contributed by atoms with Gasteiger partial charge in [-0.1, -0.05) is 11.6 Å². The minimum Gasteiger partial charge on any atom is -0.466 e. The minimum absolute atomic E-state index is 0.0252. The zero-order valence-electron chi connectivity index (χ0n) is 9.41. The molecule has 0 bridgehead atoms. The second kappa shape index (κ2) is 5.69. The van der Waals surface area contributed by atoms with Gasteiger partial charge in [0.1, 0.15) is 12.2 Å². The molecule has 0 radical (unpaired) electrons. The van der Waals surface area contributed by atoms with Crippen molar-refractivity contribution < 1.29 is 14.3 Å². The number of rotatable bonds is 4. The normalized spacial score (nSPS) is 20.7. The van der Waals surface area contributed by atoms with Crippen LogP contribution in [-0.2, 0) is 14.3 Å². The van der Waals surface area contributed by atoms with E-state index in [1.807, 2.05) is 0 Å². The standard InChI is InChI=1S/C12H18O3/c1-3-15-12(14)8-11(13)10-6-4-9(2)5-7-10/h4,10H,3,5-8H2,1-2H3/t10-/m0/s1. The van der Waals surface area contributed by atoms with E-state index in [1.54, 1.807) is 6.92 Å². The summed E-state index contributed by atoms with van der Waals surface area (Å²) in [5.74, 6) is -0.343. The molecule has 0 saturated heterocycles. The predicted molar refractivity (Wildman–Crippen MR) is 57.4 cm³/mol. The Hall–Kier alpha value is -1.12. The van der Waals surface area contributed by atoms with Gasteiger partial charge in [-0.2, -0.15) is 0 Å². The van der Waals surface area contributed by atoms with Crippen LogP contribution in [0, 0.1) is 5.92 Å². The van der Waals surface area contributed by atoms with Gasteiger partial charge in [-0.25, -0.2) is 0 Å². The van der Waals surface area contributed by atoms with Crippen LogP contribution in [0.4, 0.5) is 0 Å². The Bertz CT molecular complexity index is 279. The maximum absolute atomic E-state index is 11.7. The first-order valence-corrected chi connectivity index (χ1v) is 5.47. The number of hydrogen-bond donors (Lipinski definition) is 0. The van der Waals surface area contributed by atoms with E-state index < -0.39 is 5.97 Å². The molecule has 1 rings (SSSR count). The number of carbonyl (C=O) groups excluding carboxylic acids is 2. The third-order valence-electron chi connectivity index (χ3n) is 2.72. The van der Waals surface area contributed by atoms with E-state index in [2.05, 4.69) is 13.0 Å². The summed E-state index contributed by atoms with van der Waals surface area (Å²) in [5, 5.41) is 0. The summed E-state index contributed by atoms with van der Waals surface area (Å²) in [4.78, 5) is 22.8. The summed E-state index contributed by atoms with van der Waals surface area (Å²) in [6, 6.07) is 0. The number of Topliss-reactive ketones (excluding diaryl/α,β-unsaturated/α-hetero) is 1. The quantitative estimate of drug-likeness (QED) is 0.406. The van der Waals surface area contributed by atoms with E-state index in [-0.39, 0.29) is 18.1 Å². The van der Waals surface area contributed by atoms with Gasteiger partial charge in [0, 0.05) is 5.92 Å². The number of carbonyl (C=O) groups is 2. The Kier molecular flexibility index (Phi) is 4.53. The Balaban J connectivity index is 2.38. The maximum atomic E-state index is 11.7. The van der Waals surface area contributed by atoms with Crippen LogP contribution >= 0.6 is 0 Å². The highest BCUT2D eigenvalue weighted by Gasteiger charge is 2.22. The Morgan fingerprint density at radius 3 is 2.80 bits per heavy atom. The van der Waals surface area contributed by atoms with Crippen molar-refractivity contribution in [3.8, 4) is 0 Å². The average molecular weight is 210 g/mol. The third-order valence-corrected chi connectivity index (χ3v) is 2.72. The van der Waals surface area contributed by atoms with E-state index >= 15 is 0 Å². The van der Waals surface area contributed by atoms with Crippen molar-refractivity contribution >= 4 is 11.8 Å². The molecule has 0 saturated carbocycles. The fourth-order valence-electron chi connectivity index (χ4n) is 1.76. The number of esters is 1. The Morgan fingerprint density at radius 1 is 1.53 bits per heavy atom. The van der Waals surface area contributed by atoms with Crippen molar-refractivity contribution in [1.82, 2.24) is 0 Å². The summed E-state index contributed by atoms with van der Waals surface area (Å²) in [6.07, 6.45) is 4.66. The van der Waals surface area contributed by atoms with Gasteiger partial charge in [0.25, 0.3) is 0 Å². The van der Waals surface area contributed by atoms with Crippen LogP contribution in [0.15, 0.2) is 11.6 Å². The van der Waals surface area contributed by atoms with Crippen molar-refractivity contribution in [2.24, 2.45) is 5.92 Å². The van der Waals surface area contributed by atoms with Crippen molar-refractivity contribution in [1.29, 1.82) is 0 Å². The molecule has 0 aromatic carbocycles. The minimum atomic E-state index is -0.395. The zero-order chi connectivity index (χ0) is 11.3. The molecule has 1 atom stereocenters. The fourth-order valence-corrected chi connectivity index (χ4v) is 1.76. The van der Waals surface area contributed by atoms with Crippen molar-refractivity contribution in [2.45, 2.75) is 39.5 Å². The highest BCUT2D eigenvalue weighted by atomic mass is 16.5. The Labute approximate surface area is 90.5 Å². The van der Waals surface area contributed by atoms with Crippen LogP contribution in [0.25, 0.3) is 0 Å². The molecular weight excluding hydrogens is 192 g/mol. The van der Waals surface area contributed by atoms with E-state index in [4.69, 9.17) is 4.74 Å². The zero-order valence-corrected chi connectivity index (χ0v) is 9.41. The molecule has 0 aromatic rings. The number of ketones is 1. The van der Waals surface area contributed by atoms with E-state index in [1.165, 1.54) is 5.57 Å². The van der Waals surface area contributed by atoms with Crippen LogP contribution in [0.5, 0.6) is 0 Å². The van der Waals surface area contributed by atoms with Gasteiger partial charge in [-0.3, -0.25) is 9.59 Å². The number of ether oxygens (including phenoxy) is 1. The monoisotopic (exact) mass is 210 g/mol. The molecule has 1 aliphatic rings. The third kappa shape index (κ3) is 3.86. The average Bonchev–Trinajstić information content (AvgIpc) is 2.18. The summed E-state index contributed by atoms with van der Waals surface area (Å²) < 4.78 is 4.75. The summed E-state index contributed by atoms with van der Waals surface area (Å²) in [7, 11) is 0. The molecule has 3 heteroatoms. The van der Waals surface area contributed by atoms with Crippen LogP contribution in [-0.4, -0.2) is 18.4 Å². The summed E-state index contributed by atoms with van der Waals surface area (Å²) in [5.41, 5.74) is 1.34. The van der Waals surface area contributed by atoms with Gasteiger partial charge in [0.2, 0.25) is 0 Å². The largest absolute Gasteiger partial charge is 0.466 e. The second-order valence-electron chi connectivity index (χ2n) is 3.97. The molecule has 0 heterocycles. The van der Waals surface area contributed by atoms with Gasteiger partial charge >= 0.3 is 5.97 Å². The maximum Gasteiger partial charge on any atom is 0.313 e. The second-order valence-corrected chi connectivity index (χ2v) is 3.97.